The van der Waals surface area contributed by atoms with Gasteiger partial charge in [0.1, 0.15) is 5.75 Å². The number of ether oxygens (including phenoxy) is 2. The third kappa shape index (κ3) is 3.58. The summed E-state index contributed by atoms with van der Waals surface area (Å²) >= 11 is 0. The fourth-order valence-electron chi connectivity index (χ4n) is 1.30. The highest BCUT2D eigenvalue weighted by Crippen LogP contribution is 2.17. The second-order valence-corrected chi connectivity index (χ2v) is 3.17. The normalized spacial score (nSPS) is 9.44. The second-order valence-electron chi connectivity index (χ2n) is 3.17. The number of hydrogen-bond donors (Lipinski definition) is 1. The summed E-state index contributed by atoms with van der Waals surface area (Å²) in [5, 5.41) is 0. The molecule has 0 radical (unpaired) electrons. The van der Waals surface area contributed by atoms with E-state index in [0.717, 1.165) is 16.9 Å². The number of hydrogen-bond acceptors (Lipinski definition) is 3. The molecule has 0 saturated heterocycles. The molecule has 2 N–H and O–H groups in total. The predicted octanol–water partition coefficient (Wildman–Crippen LogP) is 1.54. The van der Waals surface area contributed by atoms with E-state index in [-0.39, 0.29) is 0 Å². The van der Waals surface area contributed by atoms with Gasteiger partial charge in [-0.2, -0.15) is 0 Å². The first-order valence-corrected chi connectivity index (χ1v) is 5.25. The Morgan fingerprint density at radius 1 is 1.38 bits per heavy atom. The maximum absolute atomic E-state index is 5.39. The average molecular weight is 219 g/mol. The van der Waals surface area contributed by atoms with Crippen molar-refractivity contribution < 1.29 is 9.47 Å². The van der Waals surface area contributed by atoms with Crippen molar-refractivity contribution in [1.82, 2.24) is 0 Å². The minimum absolute atomic E-state index is 0.361. The molecule has 0 aliphatic carbocycles. The summed E-state index contributed by atoms with van der Waals surface area (Å²) < 4.78 is 10.6. The van der Waals surface area contributed by atoms with E-state index in [9.17, 15) is 0 Å². The molecule has 16 heavy (non-hydrogen) atoms. The van der Waals surface area contributed by atoms with Gasteiger partial charge in [-0.15, -0.1) is 0 Å². The fourth-order valence-corrected chi connectivity index (χ4v) is 1.30. The van der Waals surface area contributed by atoms with Crippen LogP contribution < -0.4 is 10.5 Å². The van der Waals surface area contributed by atoms with Crippen LogP contribution in [-0.4, -0.2) is 20.3 Å². The van der Waals surface area contributed by atoms with Crippen molar-refractivity contribution in [2.75, 3.05) is 20.3 Å². The minimum atomic E-state index is 0.361. The summed E-state index contributed by atoms with van der Waals surface area (Å²) in [6.07, 6.45) is 0. The van der Waals surface area contributed by atoms with Crippen LogP contribution in [0.15, 0.2) is 18.2 Å². The van der Waals surface area contributed by atoms with Crippen LogP contribution in [0.25, 0.3) is 0 Å². The van der Waals surface area contributed by atoms with E-state index in [0.29, 0.717) is 19.8 Å². The summed E-state index contributed by atoms with van der Waals surface area (Å²) in [7, 11) is 1.64. The molecule has 86 valence electrons. The Morgan fingerprint density at radius 2 is 2.19 bits per heavy atom. The van der Waals surface area contributed by atoms with Crippen molar-refractivity contribution >= 4 is 0 Å². The van der Waals surface area contributed by atoms with Gasteiger partial charge >= 0.3 is 0 Å². The molecule has 0 spiro atoms. The Hall–Kier alpha value is -1.50. The Kier molecular flexibility index (Phi) is 5.41. The van der Waals surface area contributed by atoms with Gasteiger partial charge in [0.15, 0.2) is 0 Å². The van der Waals surface area contributed by atoms with Crippen LogP contribution in [0.2, 0.25) is 0 Å². The van der Waals surface area contributed by atoms with Crippen LogP contribution in [0, 0.1) is 11.8 Å². The number of benzene rings is 1. The molecule has 0 aliphatic rings. The Morgan fingerprint density at radius 3 is 2.81 bits per heavy atom. The van der Waals surface area contributed by atoms with Gasteiger partial charge in [0.2, 0.25) is 0 Å². The first-order valence-electron chi connectivity index (χ1n) is 5.25. The molecule has 0 aliphatic heterocycles. The van der Waals surface area contributed by atoms with Crippen LogP contribution in [0.4, 0.5) is 0 Å². The lowest BCUT2D eigenvalue weighted by atomic mass is 10.1. The molecule has 3 nitrogen and oxygen atoms in total. The monoisotopic (exact) mass is 219 g/mol. The fraction of sp³-hybridized carbons (Fsp3) is 0.385. The van der Waals surface area contributed by atoms with Gasteiger partial charge in [-0.3, -0.25) is 0 Å². The molecule has 0 bridgehead atoms. The SMILES string of the molecule is CCOCc1cc(OC)ccc1C#CCN. The molecule has 0 saturated carbocycles. The van der Waals surface area contributed by atoms with Gasteiger partial charge in [-0.1, -0.05) is 11.8 Å². The van der Waals surface area contributed by atoms with E-state index in [4.69, 9.17) is 15.2 Å². The predicted molar refractivity (Wildman–Crippen MR) is 64.3 cm³/mol. The quantitative estimate of drug-likeness (QED) is 0.781. The van der Waals surface area contributed by atoms with Crippen LogP contribution in [0.5, 0.6) is 5.75 Å². The molecule has 0 fully saturated rings. The topological polar surface area (TPSA) is 44.5 Å². The lowest BCUT2D eigenvalue weighted by molar-refractivity contribution is 0.133. The van der Waals surface area contributed by atoms with Crippen molar-refractivity contribution in [1.29, 1.82) is 0 Å². The lowest BCUT2D eigenvalue weighted by Gasteiger charge is -2.07. The molecular weight excluding hydrogens is 202 g/mol. The van der Waals surface area contributed by atoms with E-state index >= 15 is 0 Å². The molecule has 0 amide bonds. The first-order chi connectivity index (χ1) is 7.81. The highest BCUT2D eigenvalue weighted by atomic mass is 16.5. The van der Waals surface area contributed by atoms with Crippen molar-refractivity contribution in [2.45, 2.75) is 13.5 Å². The lowest BCUT2D eigenvalue weighted by Crippen LogP contribution is -1.98. The van der Waals surface area contributed by atoms with Gasteiger partial charge < -0.3 is 15.2 Å². The van der Waals surface area contributed by atoms with Crippen LogP contribution in [-0.2, 0) is 11.3 Å². The van der Waals surface area contributed by atoms with E-state index in [1.807, 2.05) is 25.1 Å². The zero-order valence-corrected chi connectivity index (χ0v) is 9.75. The van der Waals surface area contributed by atoms with Gasteiger partial charge in [0.05, 0.1) is 20.3 Å². The number of rotatable bonds is 4. The molecule has 1 aromatic rings. The molecule has 1 aromatic carbocycles. The zero-order chi connectivity index (χ0) is 11.8. The van der Waals surface area contributed by atoms with Gasteiger partial charge in [0.25, 0.3) is 0 Å². The summed E-state index contributed by atoms with van der Waals surface area (Å²) in [4.78, 5) is 0. The smallest absolute Gasteiger partial charge is 0.119 e. The number of methoxy groups -OCH3 is 1. The molecule has 0 heterocycles. The third-order valence-electron chi connectivity index (χ3n) is 2.10. The van der Waals surface area contributed by atoms with E-state index in [1.54, 1.807) is 7.11 Å². The van der Waals surface area contributed by atoms with Gasteiger partial charge in [0, 0.05) is 12.2 Å². The molecular formula is C13H17NO2. The van der Waals surface area contributed by atoms with E-state index < -0.39 is 0 Å². The van der Waals surface area contributed by atoms with Crippen LogP contribution in [0.1, 0.15) is 18.1 Å². The standard InChI is InChI=1S/C13H17NO2/c1-3-16-10-12-9-13(15-2)7-6-11(12)5-4-8-14/h6-7,9H,3,8,10,14H2,1-2H3. The van der Waals surface area contributed by atoms with E-state index in [1.165, 1.54) is 0 Å². The Labute approximate surface area is 96.6 Å². The maximum atomic E-state index is 5.39. The number of nitrogens with two attached hydrogens (primary N) is 1. The molecule has 0 unspecified atom stereocenters. The first kappa shape index (κ1) is 12.6. The summed E-state index contributed by atoms with van der Waals surface area (Å²) in [6, 6.07) is 5.75. The zero-order valence-electron chi connectivity index (χ0n) is 9.75. The molecule has 1 rings (SSSR count). The van der Waals surface area contributed by atoms with E-state index in [2.05, 4.69) is 11.8 Å². The molecule has 0 atom stereocenters. The highest BCUT2D eigenvalue weighted by Gasteiger charge is 2.02. The van der Waals surface area contributed by atoms with Gasteiger partial charge in [-0.05, 0) is 30.7 Å². The van der Waals surface area contributed by atoms with Crippen molar-refractivity contribution in [3.8, 4) is 17.6 Å². The summed E-state index contributed by atoms with van der Waals surface area (Å²) in [5.41, 5.74) is 7.33. The second kappa shape index (κ2) is 6.89. The van der Waals surface area contributed by atoms with Crippen LogP contribution in [0.3, 0.4) is 0 Å². The summed E-state index contributed by atoms with van der Waals surface area (Å²) in [6.45, 7) is 3.55. The Bertz CT molecular complexity index is 391. The van der Waals surface area contributed by atoms with Crippen LogP contribution >= 0.6 is 0 Å². The largest absolute Gasteiger partial charge is 0.497 e. The Balaban J connectivity index is 2.96. The highest BCUT2D eigenvalue weighted by molar-refractivity contribution is 5.45. The van der Waals surface area contributed by atoms with Crippen molar-refractivity contribution in [2.24, 2.45) is 5.73 Å². The third-order valence-corrected chi connectivity index (χ3v) is 2.10. The van der Waals surface area contributed by atoms with Gasteiger partial charge in [-0.25, -0.2) is 0 Å². The maximum Gasteiger partial charge on any atom is 0.119 e. The van der Waals surface area contributed by atoms with Crippen molar-refractivity contribution in [3.63, 3.8) is 0 Å². The summed E-state index contributed by atoms with van der Waals surface area (Å²) in [5.74, 6) is 6.68. The molecule has 0 aromatic heterocycles. The average Bonchev–Trinajstić information content (AvgIpc) is 2.34. The minimum Gasteiger partial charge on any atom is -0.497 e. The van der Waals surface area contributed by atoms with Crippen molar-refractivity contribution in [3.05, 3.63) is 29.3 Å². The molecule has 3 heteroatoms.